The van der Waals surface area contributed by atoms with Crippen LogP contribution in [-0.4, -0.2) is 43.3 Å². The van der Waals surface area contributed by atoms with Gasteiger partial charge in [-0.1, -0.05) is 146 Å². The third-order valence-corrected chi connectivity index (χ3v) is 9.02. The van der Waals surface area contributed by atoms with Gasteiger partial charge in [0, 0.05) is 13.0 Å². The summed E-state index contributed by atoms with van der Waals surface area (Å²) in [6.45, 7) is 4.04. The minimum absolute atomic E-state index is 0.0875. The lowest BCUT2D eigenvalue weighted by Gasteiger charge is -2.19. The first kappa shape index (κ1) is 48.0. The molecule has 50 heavy (non-hydrogen) atoms. The Morgan fingerprint density at radius 1 is 0.640 bits per heavy atom. The molecular weight excluding hydrogens is 649 g/mol. The Morgan fingerprint density at radius 2 is 1.14 bits per heavy atom. The minimum atomic E-state index is -4.27. The largest absolute Gasteiger partial charge is 0.492 e. The van der Waals surface area contributed by atoms with E-state index in [2.05, 4.69) is 62.5 Å². The number of carbonyl (C=O) groups is 1. The van der Waals surface area contributed by atoms with Crippen molar-refractivity contribution in [2.75, 3.05) is 26.4 Å². The van der Waals surface area contributed by atoms with E-state index in [1.54, 1.807) is 6.26 Å². The lowest BCUT2D eigenvalue weighted by atomic mass is 10.0. The molecular formula is C41H74NO7P. The molecule has 0 saturated heterocycles. The molecule has 0 saturated carbocycles. The molecule has 0 fully saturated rings. The summed E-state index contributed by atoms with van der Waals surface area (Å²) < 4.78 is 33.1. The van der Waals surface area contributed by atoms with E-state index in [1.807, 2.05) is 6.08 Å². The van der Waals surface area contributed by atoms with Gasteiger partial charge in [0.2, 0.25) is 0 Å². The van der Waals surface area contributed by atoms with Crippen LogP contribution in [0.1, 0.15) is 162 Å². The number of hydrogen-bond donors (Lipinski definition) is 2. The summed E-state index contributed by atoms with van der Waals surface area (Å²) in [7, 11) is -4.27. The van der Waals surface area contributed by atoms with Crippen LogP contribution >= 0.6 is 7.82 Å². The van der Waals surface area contributed by atoms with Crippen LogP contribution in [0.15, 0.2) is 60.9 Å². The lowest BCUT2D eigenvalue weighted by molar-refractivity contribution is -0.147. The van der Waals surface area contributed by atoms with Gasteiger partial charge >= 0.3 is 13.8 Å². The van der Waals surface area contributed by atoms with Gasteiger partial charge in [0.15, 0.2) is 6.10 Å². The fourth-order valence-corrected chi connectivity index (χ4v) is 5.85. The van der Waals surface area contributed by atoms with Crippen molar-refractivity contribution in [3.63, 3.8) is 0 Å². The Bertz CT molecular complexity index is 947. The molecule has 0 aliphatic carbocycles. The molecule has 3 N–H and O–H groups in total. The predicted molar refractivity (Wildman–Crippen MR) is 210 cm³/mol. The Kier molecular flexibility index (Phi) is 36.8. The second-order valence-electron chi connectivity index (χ2n) is 12.8. The molecule has 0 heterocycles. The van der Waals surface area contributed by atoms with Crippen molar-refractivity contribution in [2.45, 2.75) is 168 Å². The van der Waals surface area contributed by atoms with Crippen LogP contribution in [0.2, 0.25) is 0 Å². The molecule has 0 aliphatic rings. The van der Waals surface area contributed by atoms with Crippen LogP contribution < -0.4 is 5.73 Å². The summed E-state index contributed by atoms with van der Waals surface area (Å²) in [6, 6.07) is 0. The number of unbranched alkanes of at least 4 members (excludes halogenated alkanes) is 16. The van der Waals surface area contributed by atoms with Gasteiger partial charge in [-0.15, -0.1) is 0 Å². The number of phosphoric acid groups is 1. The van der Waals surface area contributed by atoms with E-state index in [0.717, 1.165) is 57.8 Å². The first-order valence-corrected chi connectivity index (χ1v) is 21.3. The van der Waals surface area contributed by atoms with E-state index >= 15 is 0 Å². The Balaban J connectivity index is 4.20. The summed E-state index contributed by atoms with van der Waals surface area (Å²) in [4.78, 5) is 22.2. The minimum Gasteiger partial charge on any atom is -0.492 e. The number of nitrogens with two attached hydrogens (primary N) is 1. The Labute approximate surface area is 306 Å². The number of rotatable bonds is 37. The van der Waals surface area contributed by atoms with Gasteiger partial charge in [0.05, 0.1) is 19.5 Å². The zero-order valence-electron chi connectivity index (χ0n) is 31.9. The molecule has 8 nitrogen and oxygen atoms in total. The maximum atomic E-state index is 12.3. The molecule has 0 amide bonds. The lowest BCUT2D eigenvalue weighted by Crippen LogP contribution is -2.25. The van der Waals surface area contributed by atoms with Crippen molar-refractivity contribution in [3.8, 4) is 0 Å². The summed E-state index contributed by atoms with van der Waals surface area (Å²) in [5.41, 5.74) is 5.35. The number of esters is 1. The highest BCUT2D eigenvalue weighted by Crippen LogP contribution is 2.43. The van der Waals surface area contributed by atoms with Crippen molar-refractivity contribution < 1.29 is 32.8 Å². The molecule has 0 radical (unpaired) electrons. The van der Waals surface area contributed by atoms with Crippen LogP contribution in [0, 0.1) is 0 Å². The Hall–Kier alpha value is -1.96. The first-order chi connectivity index (χ1) is 24.4. The smallest absolute Gasteiger partial charge is 0.472 e. The number of carbonyl (C=O) groups excluding carboxylic acids is 1. The van der Waals surface area contributed by atoms with E-state index in [1.165, 1.54) is 83.5 Å². The molecule has 0 aromatic carbocycles. The first-order valence-electron chi connectivity index (χ1n) is 19.8. The highest BCUT2D eigenvalue weighted by atomic mass is 31.2. The highest BCUT2D eigenvalue weighted by molar-refractivity contribution is 7.47. The van der Waals surface area contributed by atoms with Crippen molar-refractivity contribution in [3.05, 3.63) is 60.9 Å². The van der Waals surface area contributed by atoms with Crippen molar-refractivity contribution in [1.29, 1.82) is 0 Å². The van der Waals surface area contributed by atoms with Crippen LogP contribution in [0.3, 0.4) is 0 Å². The van der Waals surface area contributed by atoms with E-state index < -0.39 is 13.9 Å². The monoisotopic (exact) mass is 724 g/mol. The predicted octanol–water partition coefficient (Wildman–Crippen LogP) is 11.8. The Morgan fingerprint density at radius 3 is 1.70 bits per heavy atom. The summed E-state index contributed by atoms with van der Waals surface area (Å²) >= 11 is 0. The summed E-state index contributed by atoms with van der Waals surface area (Å²) in [6.07, 6.45) is 46.2. The van der Waals surface area contributed by atoms with Crippen molar-refractivity contribution >= 4 is 13.8 Å². The van der Waals surface area contributed by atoms with Crippen LogP contribution in [0.25, 0.3) is 0 Å². The van der Waals surface area contributed by atoms with Gasteiger partial charge in [0.1, 0.15) is 6.61 Å². The van der Waals surface area contributed by atoms with Gasteiger partial charge in [-0.2, -0.15) is 0 Å². The van der Waals surface area contributed by atoms with Gasteiger partial charge in [-0.3, -0.25) is 13.8 Å². The molecule has 0 aromatic heterocycles. The summed E-state index contributed by atoms with van der Waals surface area (Å²) in [5.74, 6) is -0.332. The fourth-order valence-electron chi connectivity index (χ4n) is 5.09. The van der Waals surface area contributed by atoms with E-state index in [4.69, 9.17) is 24.3 Å². The molecule has 0 aliphatic heterocycles. The maximum Gasteiger partial charge on any atom is 0.472 e. The zero-order valence-corrected chi connectivity index (χ0v) is 32.8. The third kappa shape index (κ3) is 37.3. The normalized spacial score (nSPS) is 14.2. The zero-order chi connectivity index (χ0) is 36.6. The van der Waals surface area contributed by atoms with E-state index in [-0.39, 0.29) is 32.3 Å². The second kappa shape index (κ2) is 38.3. The van der Waals surface area contributed by atoms with Crippen molar-refractivity contribution in [2.24, 2.45) is 5.73 Å². The number of allylic oxidation sites excluding steroid dienone is 9. The van der Waals surface area contributed by atoms with Crippen LogP contribution in [-0.2, 0) is 27.9 Å². The van der Waals surface area contributed by atoms with Gasteiger partial charge in [0.25, 0.3) is 0 Å². The molecule has 290 valence electrons. The van der Waals surface area contributed by atoms with Gasteiger partial charge in [-0.25, -0.2) is 4.57 Å². The third-order valence-electron chi connectivity index (χ3n) is 8.04. The number of hydrogen-bond acceptors (Lipinski definition) is 7. The molecule has 0 aromatic rings. The average molecular weight is 724 g/mol. The van der Waals surface area contributed by atoms with Gasteiger partial charge < -0.3 is 20.1 Å². The topological polar surface area (TPSA) is 117 Å². The fraction of sp³-hybridized carbons (Fsp3) is 0.732. The van der Waals surface area contributed by atoms with Crippen molar-refractivity contribution in [1.82, 2.24) is 0 Å². The molecule has 0 bridgehead atoms. The van der Waals surface area contributed by atoms with E-state index in [0.29, 0.717) is 6.42 Å². The van der Waals surface area contributed by atoms with Gasteiger partial charge in [-0.05, 0) is 63.9 Å². The maximum absolute atomic E-state index is 12.3. The number of ether oxygens (including phenoxy) is 2. The second-order valence-corrected chi connectivity index (χ2v) is 14.3. The number of phosphoric ester groups is 1. The van der Waals surface area contributed by atoms with Crippen LogP contribution in [0.5, 0.6) is 0 Å². The van der Waals surface area contributed by atoms with E-state index in [9.17, 15) is 14.3 Å². The molecule has 2 atom stereocenters. The molecule has 9 heteroatoms. The standard InChI is InChI=1S/C41H74NO7P/c1-3-5-7-9-11-13-15-17-19-21-23-25-27-29-31-33-36-46-40(39-49-50(44,45)48-37-35-42)38-47-41(43)34-32-30-28-26-24-22-20-18-16-14-12-10-8-6-4-2/h6,8,12,14,18,20,24,26,33,36,40H,3-5,7,9-11,13,15-17,19,21-23,25,27-32,34-35,37-39,42H2,1-2H3,(H,44,45)/t40-/m1/s1. The average Bonchev–Trinajstić information content (AvgIpc) is 3.11. The van der Waals surface area contributed by atoms with Crippen LogP contribution in [0.4, 0.5) is 0 Å². The molecule has 0 spiro atoms. The molecule has 1 unspecified atom stereocenters. The SMILES string of the molecule is CCC=CCC=CCC=CCC=CCCCCC(=O)OC[C@H](COP(=O)(O)OCCN)OC=CCCCCCCCCCCCCCCCC. The summed E-state index contributed by atoms with van der Waals surface area (Å²) in [5, 5.41) is 0. The quantitative estimate of drug-likeness (QED) is 0.0214. The highest BCUT2D eigenvalue weighted by Gasteiger charge is 2.24. The molecule has 0 rings (SSSR count).